The van der Waals surface area contributed by atoms with E-state index in [-0.39, 0.29) is 0 Å². The van der Waals surface area contributed by atoms with Crippen molar-refractivity contribution in [3.05, 3.63) is 35.2 Å². The summed E-state index contributed by atoms with van der Waals surface area (Å²) in [6.07, 6.45) is 3.66. The third kappa shape index (κ3) is 4.32. The lowest BCUT2D eigenvalue weighted by molar-refractivity contribution is 0.333. The van der Waals surface area contributed by atoms with Gasteiger partial charge in [0.1, 0.15) is 0 Å². The van der Waals surface area contributed by atoms with E-state index < -0.39 is 0 Å². The molecule has 0 aliphatic carbocycles. The highest BCUT2D eigenvalue weighted by atomic mass is 32.1. The molecule has 0 bridgehead atoms. The Morgan fingerprint density at radius 1 is 1.20 bits per heavy atom. The minimum atomic E-state index is 0.406. The van der Waals surface area contributed by atoms with Crippen molar-refractivity contribution in [3.8, 4) is 0 Å². The molecule has 0 spiro atoms. The summed E-state index contributed by atoms with van der Waals surface area (Å²) in [7, 11) is 0. The zero-order valence-corrected chi connectivity index (χ0v) is 14.0. The first-order valence-corrected chi connectivity index (χ1v) is 8.53. The molecule has 0 radical (unpaired) electrons. The second kappa shape index (κ2) is 6.73. The summed E-state index contributed by atoms with van der Waals surface area (Å²) in [6.45, 7) is 10.3. The molecule has 1 aromatic carbocycles. The topological polar surface area (TPSA) is 12.0 Å². The smallest absolute Gasteiger partial charge is 0.0415 e. The number of fused-ring (bicyclic) bond motifs is 1. The number of rotatable bonds is 6. The minimum Gasteiger partial charge on any atom is -0.309 e. The lowest BCUT2D eigenvalue weighted by Gasteiger charge is -2.23. The van der Waals surface area contributed by atoms with Gasteiger partial charge in [-0.15, -0.1) is 11.3 Å². The molecule has 2 rings (SSSR count). The highest BCUT2D eigenvalue weighted by Crippen LogP contribution is 2.34. The second-order valence-electron chi connectivity index (χ2n) is 6.79. The van der Waals surface area contributed by atoms with Crippen LogP contribution >= 0.6 is 11.3 Å². The number of nitrogens with one attached hydrogen (secondary N) is 1. The molecular weight excluding hydrogens is 262 g/mol. The largest absolute Gasteiger partial charge is 0.309 e. The molecule has 0 fully saturated rings. The SMILES string of the molecule is CCCNC(CCC(C)(C)C)c1cc2ccccc2s1. The van der Waals surface area contributed by atoms with Crippen LogP contribution in [0.15, 0.2) is 30.3 Å². The number of thiophene rings is 1. The van der Waals surface area contributed by atoms with Gasteiger partial charge in [-0.1, -0.05) is 45.9 Å². The lowest BCUT2D eigenvalue weighted by Crippen LogP contribution is -2.22. The molecule has 0 amide bonds. The number of hydrogen-bond acceptors (Lipinski definition) is 2. The molecule has 2 aromatic rings. The van der Waals surface area contributed by atoms with Gasteiger partial charge in [-0.3, -0.25) is 0 Å². The molecule has 0 saturated carbocycles. The maximum Gasteiger partial charge on any atom is 0.0415 e. The Kier molecular flexibility index (Phi) is 5.22. The molecule has 1 atom stereocenters. The van der Waals surface area contributed by atoms with E-state index in [0.29, 0.717) is 11.5 Å². The second-order valence-corrected chi connectivity index (χ2v) is 7.91. The molecule has 1 N–H and O–H groups in total. The first-order valence-electron chi connectivity index (χ1n) is 7.71. The molecule has 0 aliphatic rings. The summed E-state index contributed by atoms with van der Waals surface area (Å²) in [5.74, 6) is 0. The van der Waals surface area contributed by atoms with Crippen LogP contribution in [0.4, 0.5) is 0 Å². The highest BCUT2D eigenvalue weighted by molar-refractivity contribution is 7.19. The van der Waals surface area contributed by atoms with Gasteiger partial charge >= 0.3 is 0 Å². The van der Waals surface area contributed by atoms with Crippen LogP contribution < -0.4 is 5.32 Å². The minimum absolute atomic E-state index is 0.406. The van der Waals surface area contributed by atoms with Crippen molar-refractivity contribution in [3.63, 3.8) is 0 Å². The molecule has 110 valence electrons. The van der Waals surface area contributed by atoms with Crippen LogP contribution in [0.5, 0.6) is 0 Å². The summed E-state index contributed by atoms with van der Waals surface area (Å²) < 4.78 is 1.40. The summed E-state index contributed by atoms with van der Waals surface area (Å²) >= 11 is 1.94. The molecule has 1 unspecified atom stereocenters. The van der Waals surface area contributed by atoms with Crippen molar-refractivity contribution in [1.29, 1.82) is 0 Å². The van der Waals surface area contributed by atoms with Crippen molar-refractivity contribution < 1.29 is 0 Å². The fraction of sp³-hybridized carbons (Fsp3) is 0.556. The standard InChI is InChI=1S/C18H27NS/c1-5-12-19-15(10-11-18(2,3)4)17-13-14-8-6-7-9-16(14)20-17/h6-9,13,15,19H,5,10-12H2,1-4H3. The molecule has 0 saturated heterocycles. The molecule has 2 heteroatoms. The molecule has 20 heavy (non-hydrogen) atoms. The monoisotopic (exact) mass is 289 g/mol. The van der Waals surface area contributed by atoms with Gasteiger partial charge in [0.2, 0.25) is 0 Å². The molecular formula is C18H27NS. The third-order valence-electron chi connectivity index (χ3n) is 3.61. The number of hydrogen-bond donors (Lipinski definition) is 1. The van der Waals surface area contributed by atoms with Crippen molar-refractivity contribution in [1.82, 2.24) is 5.32 Å². The van der Waals surface area contributed by atoms with Crippen LogP contribution in [0.3, 0.4) is 0 Å². The Bertz CT molecular complexity index is 503. The predicted molar refractivity (Wildman–Crippen MR) is 91.5 cm³/mol. The Morgan fingerprint density at radius 3 is 2.60 bits per heavy atom. The maximum atomic E-state index is 3.73. The Hall–Kier alpha value is -0.860. The fourth-order valence-electron chi connectivity index (χ4n) is 2.41. The van der Waals surface area contributed by atoms with Crippen molar-refractivity contribution >= 4 is 21.4 Å². The van der Waals surface area contributed by atoms with Crippen LogP contribution in [-0.4, -0.2) is 6.54 Å². The van der Waals surface area contributed by atoms with Crippen molar-refractivity contribution in [2.45, 2.75) is 53.0 Å². The van der Waals surface area contributed by atoms with Gasteiger partial charge in [0.25, 0.3) is 0 Å². The lowest BCUT2D eigenvalue weighted by atomic mass is 9.88. The average Bonchev–Trinajstić information content (AvgIpc) is 2.81. The van der Waals surface area contributed by atoms with Crippen LogP contribution in [0.1, 0.15) is 57.9 Å². The van der Waals surface area contributed by atoms with E-state index in [9.17, 15) is 0 Å². The first kappa shape index (κ1) is 15.5. The van der Waals surface area contributed by atoms with E-state index in [2.05, 4.69) is 63.3 Å². The van der Waals surface area contributed by atoms with E-state index in [1.54, 1.807) is 0 Å². The average molecular weight is 289 g/mol. The van der Waals surface area contributed by atoms with Gasteiger partial charge in [-0.2, -0.15) is 0 Å². The number of benzene rings is 1. The molecule has 1 heterocycles. The Labute approximate surface area is 127 Å². The van der Waals surface area contributed by atoms with E-state index in [1.165, 1.54) is 34.2 Å². The fourth-order valence-corrected chi connectivity index (χ4v) is 3.59. The van der Waals surface area contributed by atoms with E-state index in [4.69, 9.17) is 0 Å². The van der Waals surface area contributed by atoms with Crippen molar-refractivity contribution in [2.24, 2.45) is 5.41 Å². The van der Waals surface area contributed by atoms with Crippen LogP contribution in [0, 0.1) is 5.41 Å². The van der Waals surface area contributed by atoms with Crippen LogP contribution in [-0.2, 0) is 0 Å². The van der Waals surface area contributed by atoms with Gasteiger partial charge in [-0.05, 0) is 48.7 Å². The molecule has 1 nitrogen and oxygen atoms in total. The van der Waals surface area contributed by atoms with E-state index in [0.717, 1.165) is 6.54 Å². The van der Waals surface area contributed by atoms with Crippen molar-refractivity contribution in [2.75, 3.05) is 6.54 Å². The summed E-state index contributed by atoms with van der Waals surface area (Å²) in [6, 6.07) is 11.6. The quantitative estimate of drug-likeness (QED) is 0.712. The van der Waals surface area contributed by atoms with Crippen LogP contribution in [0.25, 0.3) is 10.1 Å². The molecule has 1 aromatic heterocycles. The van der Waals surface area contributed by atoms with Crippen LogP contribution in [0.2, 0.25) is 0 Å². The van der Waals surface area contributed by atoms with E-state index >= 15 is 0 Å². The Balaban J connectivity index is 2.16. The normalized spacial score (nSPS) is 13.8. The van der Waals surface area contributed by atoms with Gasteiger partial charge in [0.05, 0.1) is 0 Å². The van der Waals surface area contributed by atoms with E-state index in [1.807, 2.05) is 11.3 Å². The zero-order chi connectivity index (χ0) is 14.6. The maximum absolute atomic E-state index is 3.73. The third-order valence-corrected chi connectivity index (χ3v) is 4.84. The van der Waals surface area contributed by atoms with Gasteiger partial charge in [-0.25, -0.2) is 0 Å². The first-order chi connectivity index (χ1) is 9.49. The van der Waals surface area contributed by atoms with Gasteiger partial charge < -0.3 is 5.32 Å². The van der Waals surface area contributed by atoms with Gasteiger partial charge in [0.15, 0.2) is 0 Å². The zero-order valence-electron chi connectivity index (χ0n) is 13.2. The predicted octanol–water partition coefficient (Wildman–Crippen LogP) is 5.77. The summed E-state index contributed by atoms with van der Waals surface area (Å²) in [4.78, 5) is 1.49. The summed E-state index contributed by atoms with van der Waals surface area (Å²) in [5.41, 5.74) is 0.406. The summed E-state index contributed by atoms with van der Waals surface area (Å²) in [5, 5.41) is 5.11. The Morgan fingerprint density at radius 2 is 1.95 bits per heavy atom. The highest BCUT2D eigenvalue weighted by Gasteiger charge is 2.18. The molecule has 0 aliphatic heterocycles. The van der Waals surface area contributed by atoms with Gasteiger partial charge in [0, 0.05) is 15.6 Å².